The Morgan fingerprint density at radius 2 is 1.71 bits per heavy atom. The van der Waals surface area contributed by atoms with Crippen molar-refractivity contribution in [3.8, 4) is 10.6 Å². The highest BCUT2D eigenvalue weighted by atomic mass is 32.1. The van der Waals surface area contributed by atoms with Crippen molar-refractivity contribution in [1.82, 2.24) is 15.5 Å². The number of aryl methyl sites for hydroxylation is 2. The van der Waals surface area contributed by atoms with E-state index in [0.717, 1.165) is 23.4 Å². The van der Waals surface area contributed by atoms with Gasteiger partial charge >= 0.3 is 0 Å². The lowest BCUT2D eigenvalue weighted by atomic mass is 10.1. The fourth-order valence-corrected chi connectivity index (χ4v) is 3.83. The molecule has 0 bridgehead atoms. The number of aromatic nitrogens is 2. The van der Waals surface area contributed by atoms with Crippen molar-refractivity contribution in [2.75, 3.05) is 11.9 Å². The largest absolute Gasteiger partial charge is 0.352 e. The summed E-state index contributed by atoms with van der Waals surface area (Å²) in [6, 6.07) is 15.7. The summed E-state index contributed by atoms with van der Waals surface area (Å²) in [6.07, 6.45) is 4.78. The molecule has 1 heterocycles. The predicted molar refractivity (Wildman–Crippen MR) is 125 cm³/mol. The molecule has 31 heavy (non-hydrogen) atoms. The van der Waals surface area contributed by atoms with E-state index in [0.29, 0.717) is 10.7 Å². The lowest BCUT2D eigenvalue weighted by molar-refractivity contribution is -0.116. The van der Waals surface area contributed by atoms with Crippen LogP contribution in [0.5, 0.6) is 0 Å². The fraction of sp³-hybridized carbons (Fsp3) is 0.333. The Morgan fingerprint density at radius 1 is 0.968 bits per heavy atom. The lowest BCUT2D eigenvalue weighted by Gasteiger charge is -2.06. The molecule has 0 saturated heterocycles. The summed E-state index contributed by atoms with van der Waals surface area (Å²) in [6.45, 7) is 4.47. The number of carbonyl (C=O) groups excluding carboxylic acids is 2. The van der Waals surface area contributed by atoms with Crippen LogP contribution in [0.1, 0.15) is 54.1 Å². The zero-order valence-electron chi connectivity index (χ0n) is 18.0. The van der Waals surface area contributed by atoms with E-state index in [1.807, 2.05) is 55.5 Å². The van der Waals surface area contributed by atoms with Crippen LogP contribution in [-0.2, 0) is 11.2 Å². The summed E-state index contributed by atoms with van der Waals surface area (Å²) in [5.41, 5.74) is 3.98. The summed E-state index contributed by atoms with van der Waals surface area (Å²) in [5.74, 6) is -0.386. The Hall–Kier alpha value is -3.06. The van der Waals surface area contributed by atoms with Crippen molar-refractivity contribution in [2.45, 2.75) is 46.0 Å². The Labute approximate surface area is 187 Å². The number of amides is 2. The van der Waals surface area contributed by atoms with Crippen LogP contribution in [0.4, 0.5) is 5.13 Å². The minimum atomic E-state index is -0.210. The van der Waals surface area contributed by atoms with E-state index in [-0.39, 0.29) is 24.8 Å². The second kappa shape index (κ2) is 11.4. The van der Waals surface area contributed by atoms with Crippen LogP contribution < -0.4 is 10.6 Å². The molecule has 0 spiro atoms. The summed E-state index contributed by atoms with van der Waals surface area (Å²) in [4.78, 5) is 24.4. The quantitative estimate of drug-likeness (QED) is 0.438. The van der Waals surface area contributed by atoms with E-state index in [1.165, 1.54) is 35.3 Å². The third kappa shape index (κ3) is 7.00. The number of hydrogen-bond acceptors (Lipinski definition) is 5. The van der Waals surface area contributed by atoms with Gasteiger partial charge in [-0.05, 0) is 37.5 Å². The van der Waals surface area contributed by atoms with Crippen LogP contribution in [-0.4, -0.2) is 28.6 Å². The van der Waals surface area contributed by atoms with Crippen molar-refractivity contribution in [2.24, 2.45) is 0 Å². The second-order valence-electron chi connectivity index (χ2n) is 7.49. The van der Waals surface area contributed by atoms with Gasteiger partial charge in [0.2, 0.25) is 11.0 Å². The zero-order valence-corrected chi connectivity index (χ0v) is 18.8. The molecule has 0 aliphatic rings. The standard InChI is InChI=1S/C24H28N4O2S/c1-3-4-5-6-18-9-13-19(14-10-18)22(30)25-16-15-21(29)26-24-28-27-23(31-24)20-11-7-17(2)8-12-20/h7-14H,3-6,15-16H2,1-2H3,(H,25,30)(H,26,28,29). The molecule has 0 unspecified atom stereocenters. The Kier molecular flexibility index (Phi) is 8.29. The number of unbranched alkanes of at least 4 members (excludes halogenated alkanes) is 2. The van der Waals surface area contributed by atoms with E-state index >= 15 is 0 Å². The molecular weight excluding hydrogens is 408 g/mol. The van der Waals surface area contributed by atoms with Crippen LogP contribution in [0.3, 0.4) is 0 Å². The topological polar surface area (TPSA) is 84.0 Å². The van der Waals surface area contributed by atoms with E-state index in [2.05, 4.69) is 27.8 Å². The average Bonchev–Trinajstić information content (AvgIpc) is 3.23. The van der Waals surface area contributed by atoms with Gasteiger partial charge in [0, 0.05) is 24.1 Å². The number of hydrogen-bond donors (Lipinski definition) is 2. The van der Waals surface area contributed by atoms with Crippen LogP contribution >= 0.6 is 11.3 Å². The van der Waals surface area contributed by atoms with Gasteiger partial charge in [0.25, 0.3) is 5.91 Å². The van der Waals surface area contributed by atoms with Gasteiger partial charge in [-0.1, -0.05) is 73.1 Å². The maximum atomic E-state index is 12.3. The molecule has 1 aromatic heterocycles. The maximum Gasteiger partial charge on any atom is 0.251 e. The first-order valence-corrected chi connectivity index (χ1v) is 11.4. The Balaban J connectivity index is 1.42. The Bertz CT molecular complexity index is 997. The molecule has 6 nitrogen and oxygen atoms in total. The molecule has 2 aromatic carbocycles. The van der Waals surface area contributed by atoms with Crippen molar-refractivity contribution >= 4 is 28.3 Å². The first-order chi connectivity index (χ1) is 15.0. The highest BCUT2D eigenvalue weighted by Crippen LogP contribution is 2.26. The molecule has 2 amide bonds. The third-order valence-corrected chi connectivity index (χ3v) is 5.78. The number of benzene rings is 2. The van der Waals surface area contributed by atoms with E-state index in [1.54, 1.807) is 0 Å². The molecular formula is C24H28N4O2S. The first kappa shape index (κ1) is 22.6. The number of nitrogens with one attached hydrogen (secondary N) is 2. The number of carbonyl (C=O) groups is 2. The van der Waals surface area contributed by atoms with Crippen LogP contribution in [0.25, 0.3) is 10.6 Å². The first-order valence-electron chi connectivity index (χ1n) is 10.6. The van der Waals surface area contributed by atoms with Gasteiger partial charge < -0.3 is 10.6 Å². The summed E-state index contributed by atoms with van der Waals surface area (Å²) in [7, 11) is 0. The molecule has 0 saturated carbocycles. The van der Waals surface area contributed by atoms with Crippen molar-refractivity contribution in [1.29, 1.82) is 0 Å². The van der Waals surface area contributed by atoms with Gasteiger partial charge in [0.1, 0.15) is 5.01 Å². The minimum absolute atomic E-state index is 0.167. The normalized spacial score (nSPS) is 10.6. The van der Waals surface area contributed by atoms with E-state index in [9.17, 15) is 9.59 Å². The third-order valence-electron chi connectivity index (χ3n) is 4.89. The van der Waals surface area contributed by atoms with Crippen LogP contribution in [0, 0.1) is 6.92 Å². The molecule has 0 aliphatic heterocycles. The SMILES string of the molecule is CCCCCc1ccc(C(=O)NCCC(=O)Nc2nnc(-c3ccc(C)cc3)s2)cc1. The summed E-state index contributed by atoms with van der Waals surface area (Å²) in [5, 5.41) is 14.9. The molecule has 3 rings (SSSR count). The van der Waals surface area contributed by atoms with Crippen LogP contribution in [0.15, 0.2) is 48.5 Å². The predicted octanol–water partition coefficient (Wildman–Crippen LogP) is 5.00. The summed E-state index contributed by atoms with van der Waals surface area (Å²) >= 11 is 1.32. The van der Waals surface area contributed by atoms with Gasteiger partial charge in [-0.15, -0.1) is 10.2 Å². The van der Waals surface area contributed by atoms with Gasteiger partial charge in [-0.25, -0.2) is 0 Å². The molecule has 0 fully saturated rings. The molecule has 0 aliphatic carbocycles. The highest BCUT2D eigenvalue weighted by Gasteiger charge is 2.11. The van der Waals surface area contributed by atoms with Gasteiger partial charge in [0.05, 0.1) is 0 Å². The van der Waals surface area contributed by atoms with Gasteiger partial charge in [-0.2, -0.15) is 0 Å². The van der Waals surface area contributed by atoms with Crippen molar-refractivity contribution < 1.29 is 9.59 Å². The monoisotopic (exact) mass is 436 g/mol. The van der Waals surface area contributed by atoms with Crippen molar-refractivity contribution in [3.05, 3.63) is 65.2 Å². The van der Waals surface area contributed by atoms with Crippen LogP contribution in [0.2, 0.25) is 0 Å². The molecule has 3 aromatic rings. The van der Waals surface area contributed by atoms with Crippen molar-refractivity contribution in [3.63, 3.8) is 0 Å². The molecule has 7 heteroatoms. The maximum absolute atomic E-state index is 12.3. The minimum Gasteiger partial charge on any atom is -0.352 e. The van der Waals surface area contributed by atoms with E-state index < -0.39 is 0 Å². The zero-order chi connectivity index (χ0) is 22.1. The van der Waals surface area contributed by atoms with E-state index in [4.69, 9.17) is 0 Å². The van der Waals surface area contributed by atoms with Gasteiger partial charge in [0.15, 0.2) is 0 Å². The molecule has 162 valence electrons. The average molecular weight is 437 g/mol. The number of nitrogens with zero attached hydrogens (tertiary/aromatic N) is 2. The molecule has 0 atom stereocenters. The van der Waals surface area contributed by atoms with Gasteiger partial charge in [-0.3, -0.25) is 9.59 Å². The number of rotatable bonds is 10. The number of anilines is 1. The Morgan fingerprint density at radius 3 is 2.42 bits per heavy atom. The second-order valence-corrected chi connectivity index (χ2v) is 8.46. The fourth-order valence-electron chi connectivity index (χ4n) is 3.06. The molecule has 2 N–H and O–H groups in total. The smallest absolute Gasteiger partial charge is 0.251 e. The molecule has 0 radical (unpaired) electrons. The summed E-state index contributed by atoms with van der Waals surface area (Å²) < 4.78 is 0. The highest BCUT2D eigenvalue weighted by molar-refractivity contribution is 7.18. The lowest BCUT2D eigenvalue weighted by Crippen LogP contribution is -2.27.